The molecule has 1 fully saturated rings. The van der Waals surface area contributed by atoms with Gasteiger partial charge >= 0.3 is 0 Å². The lowest BCUT2D eigenvalue weighted by Crippen LogP contribution is -2.35. The Morgan fingerprint density at radius 2 is 2.22 bits per heavy atom. The molecule has 2 atom stereocenters. The highest BCUT2D eigenvalue weighted by Gasteiger charge is 2.29. The lowest BCUT2D eigenvalue weighted by molar-refractivity contribution is -0.117. The van der Waals surface area contributed by atoms with E-state index in [4.69, 9.17) is 0 Å². The van der Waals surface area contributed by atoms with E-state index in [0.717, 1.165) is 0 Å². The number of carbonyl (C=O) groups excluding carboxylic acids is 1. The van der Waals surface area contributed by atoms with Gasteiger partial charge in [-0.2, -0.15) is 0 Å². The Morgan fingerprint density at radius 1 is 1.50 bits per heavy atom. The molecule has 0 radical (unpaired) electrons. The van der Waals surface area contributed by atoms with Crippen molar-refractivity contribution < 1.29 is 13.6 Å². The zero-order valence-electron chi connectivity index (χ0n) is 9.25. The summed E-state index contributed by atoms with van der Waals surface area (Å²) in [6.45, 7) is 0.200. The fourth-order valence-electron chi connectivity index (χ4n) is 1.70. The third kappa shape index (κ3) is 3.63. The van der Waals surface area contributed by atoms with Crippen molar-refractivity contribution in [3.8, 4) is 0 Å². The van der Waals surface area contributed by atoms with E-state index in [1.165, 1.54) is 18.2 Å². The van der Waals surface area contributed by atoms with Crippen LogP contribution < -0.4 is 10.6 Å². The molecule has 2 N–H and O–H groups in total. The lowest BCUT2D eigenvalue weighted by Gasteiger charge is -2.11. The van der Waals surface area contributed by atoms with Crippen LogP contribution in [0.2, 0.25) is 0 Å². The summed E-state index contributed by atoms with van der Waals surface area (Å²) in [6, 6.07) is 3.66. The van der Waals surface area contributed by atoms with Crippen molar-refractivity contribution in [1.82, 2.24) is 5.32 Å². The smallest absolute Gasteiger partial charge is 0.241 e. The van der Waals surface area contributed by atoms with Gasteiger partial charge in [0.05, 0.1) is 10.5 Å². The Kier molecular flexibility index (Phi) is 5.49. The highest BCUT2D eigenvalue weighted by Crippen LogP contribution is 2.20. The first kappa shape index (κ1) is 15.3. The minimum absolute atomic E-state index is 0. The number of rotatable bonds is 2. The maximum atomic E-state index is 13.0. The minimum atomic E-state index is -0.981. The summed E-state index contributed by atoms with van der Waals surface area (Å²) in [4.78, 5) is 11.7. The summed E-state index contributed by atoms with van der Waals surface area (Å²) in [5, 5.41) is 5.39. The van der Waals surface area contributed by atoms with E-state index in [1.54, 1.807) is 0 Å². The Hall–Kier alpha value is -0.720. The highest BCUT2D eigenvalue weighted by molar-refractivity contribution is 9.10. The van der Waals surface area contributed by atoms with Gasteiger partial charge in [-0.15, -0.1) is 12.4 Å². The van der Waals surface area contributed by atoms with Crippen LogP contribution in [0.3, 0.4) is 0 Å². The second kappa shape index (κ2) is 6.45. The molecule has 7 heteroatoms. The number of hydrogen-bond acceptors (Lipinski definition) is 2. The number of hydrogen-bond donors (Lipinski definition) is 2. The van der Waals surface area contributed by atoms with Crippen molar-refractivity contribution in [3.63, 3.8) is 0 Å². The summed E-state index contributed by atoms with van der Waals surface area (Å²) >= 11 is 3.03. The number of anilines is 1. The molecule has 0 saturated carbocycles. The van der Waals surface area contributed by atoms with Crippen LogP contribution >= 0.6 is 28.3 Å². The van der Waals surface area contributed by atoms with Gasteiger partial charge in [0.25, 0.3) is 0 Å². The van der Waals surface area contributed by atoms with Gasteiger partial charge in [0.1, 0.15) is 12.0 Å². The van der Waals surface area contributed by atoms with E-state index in [0.29, 0.717) is 5.69 Å². The largest absolute Gasteiger partial charge is 0.325 e. The number of nitrogens with one attached hydrogen (secondary N) is 2. The Balaban J connectivity index is 0.00000162. The molecule has 1 saturated heterocycles. The third-order valence-corrected chi connectivity index (χ3v) is 3.19. The molecule has 0 aliphatic carbocycles. The summed E-state index contributed by atoms with van der Waals surface area (Å²) in [7, 11) is 0. The van der Waals surface area contributed by atoms with E-state index in [-0.39, 0.29) is 35.8 Å². The van der Waals surface area contributed by atoms with Crippen molar-refractivity contribution in [2.75, 3.05) is 11.9 Å². The first-order valence-electron chi connectivity index (χ1n) is 5.19. The van der Waals surface area contributed by atoms with E-state index >= 15 is 0 Å². The van der Waals surface area contributed by atoms with Gasteiger partial charge in [0.2, 0.25) is 5.91 Å². The average Bonchev–Trinajstić information content (AvgIpc) is 2.70. The topological polar surface area (TPSA) is 41.1 Å². The number of amides is 1. The fraction of sp³-hybridized carbons (Fsp3) is 0.364. The molecule has 2 rings (SSSR count). The van der Waals surface area contributed by atoms with Crippen LogP contribution in [-0.2, 0) is 4.79 Å². The van der Waals surface area contributed by atoms with E-state index in [1.807, 2.05) is 0 Å². The third-order valence-electron chi connectivity index (χ3n) is 2.58. The van der Waals surface area contributed by atoms with Crippen LogP contribution in [0.15, 0.2) is 22.7 Å². The fourth-order valence-corrected chi connectivity index (χ4v) is 2.07. The molecule has 1 aromatic rings. The van der Waals surface area contributed by atoms with Gasteiger partial charge in [-0.1, -0.05) is 0 Å². The van der Waals surface area contributed by atoms with Crippen LogP contribution in [0.1, 0.15) is 6.42 Å². The van der Waals surface area contributed by atoms with Crippen LogP contribution in [0.25, 0.3) is 0 Å². The monoisotopic (exact) mass is 340 g/mol. The molecular formula is C11H12BrClF2N2O. The first-order chi connectivity index (χ1) is 8.06. The molecule has 1 aliphatic rings. The van der Waals surface area contributed by atoms with Gasteiger partial charge in [-0.3, -0.25) is 4.79 Å². The second-order valence-corrected chi connectivity index (χ2v) is 4.77. The Bertz CT molecular complexity index is 447. The predicted molar refractivity (Wildman–Crippen MR) is 71.3 cm³/mol. The molecule has 3 nitrogen and oxygen atoms in total. The summed E-state index contributed by atoms with van der Waals surface area (Å²) < 4.78 is 26.1. The van der Waals surface area contributed by atoms with Crippen molar-refractivity contribution >= 4 is 39.9 Å². The van der Waals surface area contributed by atoms with Gasteiger partial charge in [-0.25, -0.2) is 8.78 Å². The van der Waals surface area contributed by atoms with Gasteiger partial charge in [0.15, 0.2) is 0 Å². The molecule has 1 amide bonds. The van der Waals surface area contributed by atoms with Crippen molar-refractivity contribution in [2.24, 2.45) is 0 Å². The number of benzene rings is 1. The van der Waals surface area contributed by atoms with E-state index < -0.39 is 18.0 Å². The quantitative estimate of drug-likeness (QED) is 0.868. The molecular weight excluding hydrogens is 329 g/mol. The molecule has 1 aliphatic heterocycles. The predicted octanol–water partition coefficient (Wildman–Crippen LogP) is 2.65. The minimum Gasteiger partial charge on any atom is -0.325 e. The second-order valence-electron chi connectivity index (χ2n) is 3.91. The highest BCUT2D eigenvalue weighted by atomic mass is 79.9. The first-order valence-corrected chi connectivity index (χ1v) is 5.99. The van der Waals surface area contributed by atoms with E-state index in [9.17, 15) is 13.6 Å². The maximum absolute atomic E-state index is 13.0. The molecule has 1 heterocycles. The van der Waals surface area contributed by atoms with E-state index in [2.05, 4.69) is 26.6 Å². The van der Waals surface area contributed by atoms with Crippen LogP contribution in [0.5, 0.6) is 0 Å². The zero-order valence-corrected chi connectivity index (χ0v) is 11.7. The average molecular weight is 342 g/mol. The molecule has 18 heavy (non-hydrogen) atoms. The number of carbonyl (C=O) groups is 1. The molecule has 0 bridgehead atoms. The van der Waals surface area contributed by atoms with Crippen molar-refractivity contribution in [2.45, 2.75) is 18.6 Å². The van der Waals surface area contributed by atoms with Crippen molar-refractivity contribution in [1.29, 1.82) is 0 Å². The van der Waals surface area contributed by atoms with Crippen molar-refractivity contribution in [3.05, 3.63) is 28.5 Å². The maximum Gasteiger partial charge on any atom is 0.241 e. The molecule has 1 aromatic carbocycles. The zero-order chi connectivity index (χ0) is 12.4. The number of halogens is 4. The van der Waals surface area contributed by atoms with Crippen LogP contribution in [0.4, 0.5) is 14.5 Å². The standard InChI is InChI=1S/C11H11BrF2N2O.ClH/c12-8-4-7(1-2-9(8)14)16-11(17)10-3-6(13)5-15-10;/h1-2,4,6,10,15H,3,5H2,(H,16,17);1H. The SMILES string of the molecule is Cl.O=C(Nc1ccc(F)c(Br)c1)C1CC(F)CN1. The Labute approximate surface area is 118 Å². The Morgan fingerprint density at radius 3 is 2.78 bits per heavy atom. The molecule has 0 aromatic heterocycles. The lowest BCUT2D eigenvalue weighted by atomic mass is 10.2. The number of alkyl halides is 1. The van der Waals surface area contributed by atoms with Gasteiger partial charge < -0.3 is 10.6 Å². The van der Waals surface area contributed by atoms with Gasteiger partial charge in [-0.05, 0) is 34.1 Å². The van der Waals surface area contributed by atoms with Crippen LogP contribution in [0, 0.1) is 5.82 Å². The summed E-state index contributed by atoms with van der Waals surface area (Å²) in [5.41, 5.74) is 0.479. The van der Waals surface area contributed by atoms with Gasteiger partial charge in [0, 0.05) is 18.7 Å². The summed E-state index contributed by atoms with van der Waals surface area (Å²) in [5.74, 6) is -0.700. The molecule has 2 unspecified atom stereocenters. The molecule has 100 valence electrons. The summed E-state index contributed by atoms with van der Waals surface area (Å²) in [6.07, 6.45) is -0.806. The van der Waals surface area contributed by atoms with Crippen LogP contribution in [-0.4, -0.2) is 24.7 Å². The molecule has 0 spiro atoms. The normalized spacial score (nSPS) is 22.4.